The van der Waals surface area contributed by atoms with Crippen LogP contribution < -0.4 is 5.73 Å². The molecule has 0 atom stereocenters. The smallest absolute Gasteiger partial charge is 0.0735 e. The van der Waals surface area contributed by atoms with Crippen molar-refractivity contribution in [1.29, 1.82) is 0 Å². The van der Waals surface area contributed by atoms with Gasteiger partial charge in [-0.15, -0.1) is 6.58 Å². The highest BCUT2D eigenvalue weighted by Crippen LogP contribution is 2.01. The molecule has 0 saturated carbocycles. The van der Waals surface area contributed by atoms with Crippen LogP contribution >= 0.6 is 24.0 Å². The van der Waals surface area contributed by atoms with E-state index >= 15 is 0 Å². The molecule has 0 saturated heterocycles. The molecule has 0 aliphatic rings. The minimum atomic E-state index is 0.603. The molecule has 9 heavy (non-hydrogen) atoms. The number of nitrogens with two attached hydrogens (primary N) is 1. The first-order valence-electron chi connectivity index (χ1n) is 2.74. The highest BCUT2D eigenvalue weighted by molar-refractivity contribution is 7.99. The molecule has 0 heterocycles. The molecule has 0 radical (unpaired) electrons. The summed E-state index contributed by atoms with van der Waals surface area (Å²) >= 11 is 6.48. The molecule has 0 amide bonds. The van der Waals surface area contributed by atoms with Crippen LogP contribution in [0.5, 0.6) is 0 Å². The summed E-state index contributed by atoms with van der Waals surface area (Å²) in [5.74, 6) is 2.00. The van der Waals surface area contributed by atoms with Crippen molar-refractivity contribution in [2.75, 3.05) is 11.5 Å². The van der Waals surface area contributed by atoms with Gasteiger partial charge in [-0.2, -0.15) is 11.8 Å². The summed E-state index contributed by atoms with van der Waals surface area (Å²) < 4.78 is 0. The Morgan fingerprint density at radius 3 is 2.89 bits per heavy atom. The fourth-order valence-electron chi connectivity index (χ4n) is 0.339. The second-order valence-electron chi connectivity index (χ2n) is 1.58. The maximum absolute atomic E-state index is 5.27. The normalized spacial score (nSPS) is 8.89. The zero-order valence-corrected chi connectivity index (χ0v) is 6.93. The predicted octanol–water partition coefficient (Wildman–Crippen LogP) is 1.58. The Morgan fingerprint density at radius 2 is 2.44 bits per heavy atom. The molecular formula is C6H11NS2. The maximum atomic E-state index is 5.27. The van der Waals surface area contributed by atoms with Crippen LogP contribution in [0.25, 0.3) is 0 Å². The third-order valence-corrected chi connectivity index (χ3v) is 1.90. The molecule has 0 aliphatic heterocycles. The van der Waals surface area contributed by atoms with Crippen LogP contribution in [0.15, 0.2) is 12.7 Å². The molecule has 0 rings (SSSR count). The fraction of sp³-hybridized carbons (Fsp3) is 0.500. The largest absolute Gasteiger partial charge is 0.393 e. The number of thiocarbonyl (C=S) groups is 1. The first-order valence-corrected chi connectivity index (χ1v) is 4.30. The number of rotatable bonds is 5. The second kappa shape index (κ2) is 6.11. The van der Waals surface area contributed by atoms with Gasteiger partial charge in [0.1, 0.15) is 0 Å². The topological polar surface area (TPSA) is 26.0 Å². The molecule has 2 N–H and O–H groups in total. The summed E-state index contributed by atoms with van der Waals surface area (Å²) in [6, 6.07) is 0. The zero-order valence-electron chi connectivity index (χ0n) is 5.30. The lowest BCUT2D eigenvalue weighted by Gasteiger charge is -1.94. The van der Waals surface area contributed by atoms with E-state index in [1.165, 1.54) is 0 Å². The van der Waals surface area contributed by atoms with Gasteiger partial charge in [0.25, 0.3) is 0 Å². The average Bonchev–Trinajstić information content (AvgIpc) is 1.80. The summed E-state index contributed by atoms with van der Waals surface area (Å²) in [5.41, 5.74) is 5.27. The van der Waals surface area contributed by atoms with E-state index in [4.69, 9.17) is 5.73 Å². The molecule has 52 valence electrons. The molecule has 0 aromatic heterocycles. The summed E-state index contributed by atoms with van der Waals surface area (Å²) in [6.07, 6.45) is 2.72. The van der Waals surface area contributed by atoms with Crippen molar-refractivity contribution in [3.8, 4) is 0 Å². The number of hydrogen-bond acceptors (Lipinski definition) is 2. The molecule has 1 nitrogen and oxygen atoms in total. The van der Waals surface area contributed by atoms with Crippen LogP contribution in [0, 0.1) is 0 Å². The van der Waals surface area contributed by atoms with Gasteiger partial charge in [0, 0.05) is 12.2 Å². The Bertz CT molecular complexity index is 101. The lowest BCUT2D eigenvalue weighted by molar-refractivity contribution is 1.31. The van der Waals surface area contributed by atoms with Gasteiger partial charge in [-0.25, -0.2) is 0 Å². The lowest BCUT2D eigenvalue weighted by atomic mass is 10.5. The van der Waals surface area contributed by atoms with Gasteiger partial charge in [-0.1, -0.05) is 18.3 Å². The summed E-state index contributed by atoms with van der Waals surface area (Å²) in [5, 5.41) is 0. The van der Waals surface area contributed by atoms with Gasteiger partial charge in [-0.05, 0) is 5.75 Å². The Kier molecular flexibility index (Phi) is 6.09. The van der Waals surface area contributed by atoms with Gasteiger partial charge in [0.15, 0.2) is 0 Å². The SMILES string of the molecule is C=CCSCCC(N)=S. The molecule has 0 aliphatic carbocycles. The quantitative estimate of drug-likeness (QED) is 0.377. The van der Waals surface area contributed by atoms with Crippen LogP contribution in [0.4, 0.5) is 0 Å². The Morgan fingerprint density at radius 1 is 1.78 bits per heavy atom. The van der Waals surface area contributed by atoms with Crippen LogP contribution in [0.3, 0.4) is 0 Å². The van der Waals surface area contributed by atoms with Crippen LogP contribution in [-0.2, 0) is 0 Å². The second-order valence-corrected chi connectivity index (χ2v) is 3.25. The molecule has 3 heteroatoms. The molecule has 0 bridgehead atoms. The summed E-state index contributed by atoms with van der Waals surface area (Å²) in [4.78, 5) is 0.603. The van der Waals surface area contributed by atoms with Crippen molar-refractivity contribution in [3.05, 3.63) is 12.7 Å². The number of thioether (sulfide) groups is 1. The minimum absolute atomic E-state index is 0.603. The molecule has 0 aromatic rings. The van der Waals surface area contributed by atoms with E-state index in [-0.39, 0.29) is 0 Å². The van der Waals surface area contributed by atoms with Gasteiger partial charge in [-0.3, -0.25) is 0 Å². The van der Waals surface area contributed by atoms with Gasteiger partial charge in [0.05, 0.1) is 4.99 Å². The van der Waals surface area contributed by atoms with Crippen LogP contribution in [0.2, 0.25) is 0 Å². The highest BCUT2D eigenvalue weighted by atomic mass is 32.2. The van der Waals surface area contributed by atoms with E-state index in [1.54, 1.807) is 11.8 Å². The standard InChI is InChI=1S/C6H11NS2/c1-2-4-9-5-3-6(7)8/h2H,1,3-5H2,(H2,7,8). The maximum Gasteiger partial charge on any atom is 0.0735 e. The van der Waals surface area contributed by atoms with E-state index in [1.807, 2.05) is 6.08 Å². The fourth-order valence-corrected chi connectivity index (χ4v) is 1.27. The predicted molar refractivity (Wildman–Crippen MR) is 48.9 cm³/mol. The molecule has 0 spiro atoms. The van der Waals surface area contributed by atoms with Gasteiger partial charge < -0.3 is 5.73 Å². The van der Waals surface area contributed by atoms with Crippen molar-refractivity contribution < 1.29 is 0 Å². The third-order valence-electron chi connectivity index (χ3n) is 0.729. The third kappa shape index (κ3) is 7.98. The van der Waals surface area contributed by atoms with Crippen molar-refractivity contribution >= 4 is 29.0 Å². The van der Waals surface area contributed by atoms with Crippen molar-refractivity contribution in [2.24, 2.45) is 5.73 Å². The monoisotopic (exact) mass is 161 g/mol. The van der Waals surface area contributed by atoms with E-state index < -0.39 is 0 Å². The van der Waals surface area contributed by atoms with E-state index in [2.05, 4.69) is 18.8 Å². The van der Waals surface area contributed by atoms with Gasteiger partial charge in [0.2, 0.25) is 0 Å². The average molecular weight is 161 g/mol. The van der Waals surface area contributed by atoms with E-state index in [0.717, 1.165) is 17.9 Å². The minimum Gasteiger partial charge on any atom is -0.393 e. The van der Waals surface area contributed by atoms with Crippen molar-refractivity contribution in [3.63, 3.8) is 0 Å². The van der Waals surface area contributed by atoms with E-state index in [9.17, 15) is 0 Å². The summed E-state index contributed by atoms with van der Waals surface area (Å²) in [7, 11) is 0. The van der Waals surface area contributed by atoms with Crippen molar-refractivity contribution in [2.45, 2.75) is 6.42 Å². The molecule has 0 aromatic carbocycles. The first kappa shape index (κ1) is 8.98. The van der Waals surface area contributed by atoms with Crippen molar-refractivity contribution in [1.82, 2.24) is 0 Å². The van der Waals surface area contributed by atoms with Gasteiger partial charge >= 0.3 is 0 Å². The lowest BCUT2D eigenvalue weighted by Crippen LogP contribution is -2.08. The number of hydrogen-bond donors (Lipinski definition) is 1. The summed E-state index contributed by atoms with van der Waals surface area (Å²) in [6.45, 7) is 3.59. The molecule has 0 fully saturated rings. The Labute approximate surface area is 65.7 Å². The first-order chi connectivity index (χ1) is 4.27. The molecular weight excluding hydrogens is 150 g/mol. The Balaban J connectivity index is 2.91. The zero-order chi connectivity index (χ0) is 7.11. The van der Waals surface area contributed by atoms with E-state index in [0.29, 0.717) is 4.99 Å². The highest BCUT2D eigenvalue weighted by Gasteiger charge is 1.87. The Hall–Kier alpha value is -0.0200. The molecule has 0 unspecified atom stereocenters. The van der Waals surface area contributed by atoms with Crippen LogP contribution in [-0.4, -0.2) is 16.5 Å². The van der Waals surface area contributed by atoms with Crippen LogP contribution in [0.1, 0.15) is 6.42 Å².